The van der Waals surface area contributed by atoms with Gasteiger partial charge in [0.05, 0.1) is 23.7 Å². The Morgan fingerprint density at radius 1 is 1.26 bits per heavy atom. The lowest BCUT2D eigenvalue weighted by Gasteiger charge is -2.34. The molecule has 1 atom stereocenters. The molecule has 2 aromatic heterocycles. The van der Waals surface area contributed by atoms with Crippen LogP contribution in [0.15, 0.2) is 36.4 Å². The molecule has 8 nitrogen and oxygen atoms in total. The van der Waals surface area contributed by atoms with Crippen LogP contribution in [-0.4, -0.2) is 50.0 Å². The molecule has 4 heterocycles. The second-order valence-corrected chi connectivity index (χ2v) is 7.71. The van der Waals surface area contributed by atoms with Crippen molar-refractivity contribution in [1.29, 1.82) is 0 Å². The molecule has 2 aliphatic heterocycles. The fourth-order valence-corrected chi connectivity index (χ4v) is 3.77. The van der Waals surface area contributed by atoms with E-state index in [1.807, 2.05) is 24.0 Å². The van der Waals surface area contributed by atoms with E-state index in [-0.39, 0.29) is 24.4 Å². The topological polar surface area (TPSA) is 82.4 Å². The summed E-state index contributed by atoms with van der Waals surface area (Å²) in [5.41, 5.74) is 4.18. The number of carbonyl (C=O) groups excluding carboxylic acids is 1. The number of hydrogen-bond acceptors (Lipinski definition) is 6. The number of fused-ring (bicyclic) bond motifs is 1. The predicted octanol–water partition coefficient (Wildman–Crippen LogP) is 2.36. The van der Waals surface area contributed by atoms with Gasteiger partial charge in [0, 0.05) is 32.0 Å². The van der Waals surface area contributed by atoms with Crippen LogP contribution in [0.4, 0.5) is 4.39 Å². The highest BCUT2D eigenvalue weighted by Gasteiger charge is 2.32. The van der Waals surface area contributed by atoms with Crippen molar-refractivity contribution in [3.63, 3.8) is 0 Å². The maximum Gasteiger partial charge on any atom is 0.252 e. The van der Waals surface area contributed by atoms with E-state index in [1.54, 1.807) is 16.8 Å². The Morgan fingerprint density at radius 3 is 2.81 bits per heavy atom. The zero-order valence-corrected chi connectivity index (χ0v) is 17.1. The highest BCUT2D eigenvalue weighted by molar-refractivity contribution is 5.81. The fourth-order valence-electron chi connectivity index (χ4n) is 3.77. The zero-order chi connectivity index (χ0) is 21.4. The SMILES string of the molecule is Cc1nnn(-c2ccc(F)cc2)c1COc1ccc2c(n1)CCN(C(=O)C1CCO1)C2. The van der Waals surface area contributed by atoms with Gasteiger partial charge in [-0.3, -0.25) is 4.79 Å². The van der Waals surface area contributed by atoms with Gasteiger partial charge in [0.25, 0.3) is 5.91 Å². The molecule has 31 heavy (non-hydrogen) atoms. The molecule has 9 heteroatoms. The van der Waals surface area contributed by atoms with E-state index in [4.69, 9.17) is 9.47 Å². The number of aromatic nitrogens is 4. The van der Waals surface area contributed by atoms with E-state index in [0.29, 0.717) is 37.7 Å². The van der Waals surface area contributed by atoms with E-state index >= 15 is 0 Å². The Labute approximate surface area is 178 Å². The molecule has 0 saturated carbocycles. The molecular formula is C22H22FN5O3. The standard InChI is InChI=1S/C22H22FN5O3/c1-14-19(28(26-25-14)17-5-3-16(23)4-6-17)13-31-21-7-2-15-12-27(10-8-18(15)24-21)22(29)20-9-11-30-20/h2-7,20H,8-13H2,1H3. The number of rotatable bonds is 5. The molecule has 1 aromatic carbocycles. The Balaban J connectivity index is 1.28. The van der Waals surface area contributed by atoms with Gasteiger partial charge in [-0.25, -0.2) is 14.1 Å². The Kier molecular flexibility index (Phi) is 5.11. The average Bonchev–Trinajstić information content (AvgIpc) is 3.11. The van der Waals surface area contributed by atoms with Gasteiger partial charge in [-0.2, -0.15) is 0 Å². The molecule has 0 aliphatic carbocycles. The molecule has 1 unspecified atom stereocenters. The molecule has 0 bridgehead atoms. The number of aryl methyl sites for hydroxylation is 1. The maximum absolute atomic E-state index is 13.2. The van der Waals surface area contributed by atoms with Crippen LogP contribution in [0.25, 0.3) is 5.69 Å². The monoisotopic (exact) mass is 423 g/mol. The van der Waals surface area contributed by atoms with E-state index in [1.165, 1.54) is 12.1 Å². The van der Waals surface area contributed by atoms with Gasteiger partial charge in [0.1, 0.15) is 24.2 Å². The van der Waals surface area contributed by atoms with Gasteiger partial charge in [-0.05, 0) is 36.8 Å². The third-order valence-corrected chi connectivity index (χ3v) is 5.69. The van der Waals surface area contributed by atoms with Crippen molar-refractivity contribution >= 4 is 5.91 Å². The summed E-state index contributed by atoms with van der Waals surface area (Å²) in [5, 5.41) is 8.26. The summed E-state index contributed by atoms with van der Waals surface area (Å²) in [6.45, 7) is 3.91. The first-order valence-electron chi connectivity index (χ1n) is 10.3. The largest absolute Gasteiger partial charge is 0.471 e. The highest BCUT2D eigenvalue weighted by Crippen LogP contribution is 2.24. The van der Waals surface area contributed by atoms with Crippen molar-refractivity contribution in [2.75, 3.05) is 13.2 Å². The lowest BCUT2D eigenvalue weighted by molar-refractivity contribution is -0.157. The molecule has 1 saturated heterocycles. The van der Waals surface area contributed by atoms with E-state index in [2.05, 4.69) is 15.3 Å². The number of pyridine rings is 1. The Hall–Kier alpha value is -3.33. The number of hydrogen-bond donors (Lipinski definition) is 0. The summed E-state index contributed by atoms with van der Waals surface area (Å²) in [5.74, 6) is 0.262. The van der Waals surface area contributed by atoms with Crippen molar-refractivity contribution in [3.8, 4) is 11.6 Å². The Bertz CT molecular complexity index is 1110. The Morgan fingerprint density at radius 2 is 2.06 bits per heavy atom. The van der Waals surface area contributed by atoms with Crippen molar-refractivity contribution in [2.45, 2.75) is 39.0 Å². The quantitative estimate of drug-likeness (QED) is 0.627. The number of ether oxygens (including phenoxy) is 2. The number of amides is 1. The number of benzene rings is 1. The summed E-state index contributed by atoms with van der Waals surface area (Å²) in [4.78, 5) is 18.9. The highest BCUT2D eigenvalue weighted by atomic mass is 19.1. The number of carbonyl (C=O) groups is 1. The first-order valence-corrected chi connectivity index (χ1v) is 10.3. The number of nitrogens with zero attached hydrogens (tertiary/aromatic N) is 5. The van der Waals surface area contributed by atoms with Crippen molar-refractivity contribution in [1.82, 2.24) is 24.9 Å². The minimum absolute atomic E-state index is 0.0641. The molecular weight excluding hydrogens is 401 g/mol. The summed E-state index contributed by atoms with van der Waals surface area (Å²) < 4.78 is 26.1. The van der Waals surface area contributed by atoms with Gasteiger partial charge in [0.15, 0.2) is 0 Å². The number of halogens is 1. The lowest BCUT2D eigenvalue weighted by atomic mass is 10.0. The predicted molar refractivity (Wildman–Crippen MR) is 108 cm³/mol. The molecule has 2 aliphatic rings. The second-order valence-electron chi connectivity index (χ2n) is 7.71. The van der Waals surface area contributed by atoms with Crippen LogP contribution in [0.5, 0.6) is 5.88 Å². The third kappa shape index (κ3) is 3.88. The minimum atomic E-state index is -0.308. The lowest BCUT2D eigenvalue weighted by Crippen LogP contribution is -2.47. The van der Waals surface area contributed by atoms with Crippen LogP contribution >= 0.6 is 0 Å². The third-order valence-electron chi connectivity index (χ3n) is 5.69. The summed E-state index contributed by atoms with van der Waals surface area (Å²) >= 11 is 0. The van der Waals surface area contributed by atoms with Crippen LogP contribution in [0.3, 0.4) is 0 Å². The van der Waals surface area contributed by atoms with E-state index in [0.717, 1.165) is 29.1 Å². The second kappa shape index (κ2) is 8.07. The molecule has 3 aromatic rings. The normalized spacial score (nSPS) is 17.7. The first kappa shape index (κ1) is 19.6. The minimum Gasteiger partial charge on any atom is -0.471 e. The van der Waals surface area contributed by atoms with Gasteiger partial charge < -0.3 is 14.4 Å². The zero-order valence-electron chi connectivity index (χ0n) is 17.1. The molecule has 0 radical (unpaired) electrons. The fraction of sp³-hybridized carbons (Fsp3) is 0.364. The van der Waals surface area contributed by atoms with Crippen LogP contribution in [0.1, 0.15) is 29.1 Å². The van der Waals surface area contributed by atoms with Gasteiger partial charge in [-0.15, -0.1) is 5.10 Å². The summed E-state index contributed by atoms with van der Waals surface area (Å²) in [7, 11) is 0. The molecule has 0 N–H and O–H groups in total. The van der Waals surface area contributed by atoms with Crippen LogP contribution in [0.2, 0.25) is 0 Å². The van der Waals surface area contributed by atoms with Crippen molar-refractivity contribution < 1.29 is 18.7 Å². The average molecular weight is 423 g/mol. The summed E-state index contributed by atoms with van der Waals surface area (Å²) in [6, 6.07) is 9.83. The smallest absolute Gasteiger partial charge is 0.252 e. The molecule has 1 fully saturated rings. The molecule has 5 rings (SSSR count). The van der Waals surface area contributed by atoms with Gasteiger partial charge >= 0.3 is 0 Å². The van der Waals surface area contributed by atoms with E-state index in [9.17, 15) is 9.18 Å². The maximum atomic E-state index is 13.2. The molecule has 0 spiro atoms. The molecule has 1 amide bonds. The van der Waals surface area contributed by atoms with Crippen LogP contribution in [0, 0.1) is 12.7 Å². The van der Waals surface area contributed by atoms with Gasteiger partial charge in [-0.1, -0.05) is 11.3 Å². The van der Waals surface area contributed by atoms with Crippen molar-refractivity contribution in [3.05, 3.63) is 64.9 Å². The molecule has 160 valence electrons. The van der Waals surface area contributed by atoms with Gasteiger partial charge in [0.2, 0.25) is 5.88 Å². The first-order chi connectivity index (χ1) is 15.1. The summed E-state index contributed by atoms with van der Waals surface area (Å²) in [6.07, 6.45) is 1.20. The van der Waals surface area contributed by atoms with Crippen molar-refractivity contribution in [2.24, 2.45) is 0 Å². The van der Waals surface area contributed by atoms with E-state index < -0.39 is 0 Å². The van der Waals surface area contributed by atoms with Crippen LogP contribution < -0.4 is 4.74 Å². The van der Waals surface area contributed by atoms with Crippen LogP contribution in [-0.2, 0) is 29.1 Å².